The standard InChI is InChI=1S/C23H28FN3O6S/c1-32-20-8-7-17(15-21(20)33-2)34(30,31)27-13-9-16(10-14-27)22(28)25-11-12-26-23(29)18-5-3-4-6-19(18)24/h3-8,15-16H,9-14H2,1-2H3,(H,25,28)(H,26,29). The molecule has 0 spiro atoms. The van der Waals surface area contributed by atoms with Crippen molar-refractivity contribution in [3.63, 3.8) is 0 Å². The molecule has 2 N–H and O–H groups in total. The van der Waals surface area contributed by atoms with Crippen molar-refractivity contribution < 1.29 is 31.9 Å². The summed E-state index contributed by atoms with van der Waals surface area (Å²) in [4.78, 5) is 24.6. The van der Waals surface area contributed by atoms with Crippen LogP contribution in [0.25, 0.3) is 0 Å². The highest BCUT2D eigenvalue weighted by atomic mass is 32.2. The lowest BCUT2D eigenvalue weighted by Crippen LogP contribution is -2.44. The second-order valence-electron chi connectivity index (χ2n) is 7.72. The summed E-state index contributed by atoms with van der Waals surface area (Å²) in [6.07, 6.45) is 0.750. The molecule has 0 aliphatic carbocycles. The van der Waals surface area contributed by atoms with E-state index >= 15 is 0 Å². The maximum absolute atomic E-state index is 13.6. The molecule has 0 unspecified atom stereocenters. The number of carbonyl (C=O) groups excluding carboxylic acids is 2. The summed E-state index contributed by atoms with van der Waals surface area (Å²) < 4.78 is 51.3. The van der Waals surface area contributed by atoms with Gasteiger partial charge in [-0.2, -0.15) is 4.31 Å². The van der Waals surface area contributed by atoms with Crippen LogP contribution in [-0.4, -0.2) is 64.9 Å². The molecule has 3 rings (SSSR count). The van der Waals surface area contributed by atoms with Gasteiger partial charge in [-0.1, -0.05) is 12.1 Å². The van der Waals surface area contributed by atoms with Gasteiger partial charge in [0.1, 0.15) is 5.82 Å². The number of ether oxygens (including phenoxy) is 2. The van der Waals surface area contributed by atoms with Crippen LogP contribution in [0.3, 0.4) is 0 Å². The normalized spacial score (nSPS) is 14.9. The quantitative estimate of drug-likeness (QED) is 0.515. The third-order valence-corrected chi connectivity index (χ3v) is 7.54. The number of nitrogens with one attached hydrogen (secondary N) is 2. The molecule has 2 aromatic rings. The van der Waals surface area contributed by atoms with Gasteiger partial charge >= 0.3 is 0 Å². The molecule has 34 heavy (non-hydrogen) atoms. The monoisotopic (exact) mass is 493 g/mol. The lowest BCUT2D eigenvalue weighted by atomic mass is 9.97. The minimum Gasteiger partial charge on any atom is -0.493 e. The summed E-state index contributed by atoms with van der Waals surface area (Å²) >= 11 is 0. The molecule has 1 heterocycles. The first kappa shape index (κ1) is 25.4. The number of hydrogen-bond acceptors (Lipinski definition) is 6. The number of piperidine rings is 1. The third kappa shape index (κ3) is 5.84. The zero-order valence-corrected chi connectivity index (χ0v) is 19.9. The number of sulfonamides is 1. The summed E-state index contributed by atoms with van der Waals surface area (Å²) in [6, 6.07) is 10.1. The third-order valence-electron chi connectivity index (χ3n) is 5.65. The minimum absolute atomic E-state index is 0.0584. The maximum Gasteiger partial charge on any atom is 0.254 e. The fraction of sp³-hybridized carbons (Fsp3) is 0.391. The molecular weight excluding hydrogens is 465 g/mol. The molecule has 0 bridgehead atoms. The van der Waals surface area contributed by atoms with E-state index in [1.807, 2.05) is 0 Å². The number of hydrogen-bond donors (Lipinski definition) is 2. The highest BCUT2D eigenvalue weighted by molar-refractivity contribution is 7.89. The van der Waals surface area contributed by atoms with Crippen molar-refractivity contribution in [2.75, 3.05) is 40.4 Å². The Bertz CT molecular complexity index is 1130. The van der Waals surface area contributed by atoms with Crippen LogP contribution < -0.4 is 20.1 Å². The predicted molar refractivity (Wildman–Crippen MR) is 123 cm³/mol. The van der Waals surface area contributed by atoms with Crippen LogP contribution in [0.1, 0.15) is 23.2 Å². The van der Waals surface area contributed by atoms with Crippen LogP contribution in [0.5, 0.6) is 11.5 Å². The van der Waals surface area contributed by atoms with Gasteiger partial charge in [0.05, 0.1) is 24.7 Å². The lowest BCUT2D eigenvalue weighted by molar-refractivity contribution is -0.126. The number of carbonyl (C=O) groups is 2. The van der Waals surface area contributed by atoms with Crippen molar-refractivity contribution in [2.24, 2.45) is 5.92 Å². The average Bonchev–Trinajstić information content (AvgIpc) is 2.86. The van der Waals surface area contributed by atoms with Gasteiger partial charge in [-0.05, 0) is 37.1 Å². The Balaban J connectivity index is 1.47. The van der Waals surface area contributed by atoms with Crippen LogP contribution in [0.15, 0.2) is 47.4 Å². The number of halogens is 1. The second-order valence-corrected chi connectivity index (χ2v) is 9.66. The van der Waals surface area contributed by atoms with E-state index in [0.717, 1.165) is 0 Å². The molecule has 0 radical (unpaired) electrons. The van der Waals surface area contributed by atoms with E-state index < -0.39 is 21.7 Å². The topological polar surface area (TPSA) is 114 Å². The van der Waals surface area contributed by atoms with Crippen LogP contribution in [0.2, 0.25) is 0 Å². The van der Waals surface area contributed by atoms with Gasteiger partial charge < -0.3 is 20.1 Å². The van der Waals surface area contributed by atoms with E-state index in [4.69, 9.17) is 9.47 Å². The molecule has 2 amide bonds. The van der Waals surface area contributed by atoms with Gasteiger partial charge in [-0.15, -0.1) is 0 Å². The Morgan fingerprint density at radius 1 is 1.00 bits per heavy atom. The van der Waals surface area contributed by atoms with Crippen molar-refractivity contribution in [1.82, 2.24) is 14.9 Å². The van der Waals surface area contributed by atoms with E-state index in [1.165, 1.54) is 54.9 Å². The molecule has 0 aromatic heterocycles. The summed E-state index contributed by atoms with van der Waals surface area (Å²) in [7, 11) is -0.836. The first-order chi connectivity index (χ1) is 16.3. The van der Waals surface area contributed by atoms with Crippen molar-refractivity contribution in [3.05, 3.63) is 53.8 Å². The second kappa shape index (κ2) is 11.3. The van der Waals surface area contributed by atoms with E-state index in [0.29, 0.717) is 24.3 Å². The molecule has 0 atom stereocenters. The largest absolute Gasteiger partial charge is 0.493 e. The number of nitrogens with zero attached hydrogens (tertiary/aromatic N) is 1. The number of benzene rings is 2. The fourth-order valence-electron chi connectivity index (χ4n) is 3.73. The Kier molecular flexibility index (Phi) is 8.46. The molecule has 184 valence electrons. The molecule has 0 saturated carbocycles. The highest BCUT2D eigenvalue weighted by Gasteiger charge is 2.32. The average molecular weight is 494 g/mol. The summed E-state index contributed by atoms with van der Waals surface area (Å²) in [5, 5.41) is 5.30. The molecule has 2 aromatic carbocycles. The number of rotatable bonds is 9. The van der Waals surface area contributed by atoms with Crippen LogP contribution in [0.4, 0.5) is 4.39 Å². The van der Waals surface area contributed by atoms with E-state index in [2.05, 4.69) is 10.6 Å². The van der Waals surface area contributed by atoms with Crippen LogP contribution in [0, 0.1) is 11.7 Å². The first-order valence-electron chi connectivity index (χ1n) is 10.8. The van der Waals surface area contributed by atoms with Crippen molar-refractivity contribution in [3.8, 4) is 11.5 Å². The fourth-order valence-corrected chi connectivity index (χ4v) is 5.22. The zero-order valence-electron chi connectivity index (χ0n) is 19.0. The Labute approximate surface area is 198 Å². The molecule has 1 fully saturated rings. The molecule has 9 nitrogen and oxygen atoms in total. The van der Waals surface area contributed by atoms with Gasteiger partial charge in [0.2, 0.25) is 15.9 Å². The molecule has 1 aliphatic heterocycles. The van der Waals surface area contributed by atoms with Crippen LogP contribution >= 0.6 is 0 Å². The molecule has 11 heteroatoms. The minimum atomic E-state index is -3.74. The smallest absolute Gasteiger partial charge is 0.254 e. The van der Waals surface area contributed by atoms with Gasteiger partial charge in [-0.25, -0.2) is 12.8 Å². The SMILES string of the molecule is COc1ccc(S(=O)(=O)N2CCC(C(=O)NCCNC(=O)c3ccccc3F)CC2)cc1OC. The van der Waals surface area contributed by atoms with Crippen molar-refractivity contribution in [1.29, 1.82) is 0 Å². The molecule has 1 aliphatic rings. The van der Waals surface area contributed by atoms with Gasteiger partial charge in [0, 0.05) is 38.2 Å². The van der Waals surface area contributed by atoms with E-state index in [-0.39, 0.29) is 48.5 Å². The zero-order chi connectivity index (χ0) is 24.7. The maximum atomic E-state index is 13.6. The Morgan fingerprint density at radius 3 is 2.29 bits per heavy atom. The summed E-state index contributed by atoms with van der Waals surface area (Å²) in [5.41, 5.74) is -0.0584. The number of amides is 2. The van der Waals surface area contributed by atoms with E-state index in [1.54, 1.807) is 6.07 Å². The van der Waals surface area contributed by atoms with Gasteiger partial charge in [0.15, 0.2) is 11.5 Å². The number of methoxy groups -OCH3 is 2. The van der Waals surface area contributed by atoms with Gasteiger partial charge in [-0.3, -0.25) is 9.59 Å². The first-order valence-corrected chi connectivity index (χ1v) is 12.2. The predicted octanol–water partition coefficient (Wildman–Crippen LogP) is 1.79. The van der Waals surface area contributed by atoms with Crippen molar-refractivity contribution >= 4 is 21.8 Å². The molecular formula is C23H28FN3O6S. The Hall–Kier alpha value is -3.18. The van der Waals surface area contributed by atoms with Crippen molar-refractivity contribution in [2.45, 2.75) is 17.7 Å². The van der Waals surface area contributed by atoms with Crippen LogP contribution in [-0.2, 0) is 14.8 Å². The lowest BCUT2D eigenvalue weighted by Gasteiger charge is -2.30. The Morgan fingerprint density at radius 2 is 1.65 bits per heavy atom. The molecule has 1 saturated heterocycles. The van der Waals surface area contributed by atoms with E-state index in [9.17, 15) is 22.4 Å². The van der Waals surface area contributed by atoms with Gasteiger partial charge in [0.25, 0.3) is 5.91 Å². The summed E-state index contributed by atoms with van der Waals surface area (Å²) in [6.45, 7) is 0.742. The summed E-state index contributed by atoms with van der Waals surface area (Å²) in [5.74, 6) is -0.954. The highest BCUT2D eigenvalue weighted by Crippen LogP contribution is 2.32.